The van der Waals surface area contributed by atoms with Crippen LogP contribution in [-0.2, 0) is 6.42 Å². The molecular weight excluding hydrogens is 294 g/mol. The molecule has 0 heterocycles. The number of hydrogen-bond acceptors (Lipinski definition) is 3. The van der Waals surface area contributed by atoms with Crippen molar-refractivity contribution in [3.05, 3.63) is 28.2 Å². The standard InChI is InChI=1S/C14H22BrNO2/c1-14(2,7-9-17)16-8-6-11-4-5-13(18-3)12(15)10-11/h4-5,10,16-17H,6-9H2,1-3H3. The number of halogens is 1. The van der Waals surface area contributed by atoms with Gasteiger partial charge in [0.2, 0.25) is 0 Å². The SMILES string of the molecule is COc1ccc(CCNC(C)(C)CCO)cc1Br. The molecule has 18 heavy (non-hydrogen) atoms. The number of nitrogens with one attached hydrogen (secondary N) is 1. The quantitative estimate of drug-likeness (QED) is 0.813. The zero-order chi connectivity index (χ0) is 13.6. The van der Waals surface area contributed by atoms with Crippen LogP contribution in [0.15, 0.2) is 22.7 Å². The highest BCUT2D eigenvalue weighted by atomic mass is 79.9. The third-order valence-electron chi connectivity index (χ3n) is 2.97. The van der Waals surface area contributed by atoms with Gasteiger partial charge in [-0.2, -0.15) is 0 Å². The van der Waals surface area contributed by atoms with Crippen molar-refractivity contribution in [2.24, 2.45) is 0 Å². The Morgan fingerprint density at radius 3 is 2.67 bits per heavy atom. The van der Waals surface area contributed by atoms with Crippen LogP contribution in [0.5, 0.6) is 5.75 Å². The highest BCUT2D eigenvalue weighted by Gasteiger charge is 2.15. The van der Waals surface area contributed by atoms with Crippen LogP contribution >= 0.6 is 15.9 Å². The summed E-state index contributed by atoms with van der Waals surface area (Å²) in [5, 5.41) is 12.4. The minimum atomic E-state index is -0.0154. The molecule has 0 saturated heterocycles. The van der Waals surface area contributed by atoms with Crippen molar-refractivity contribution in [3.8, 4) is 5.75 Å². The molecule has 0 fully saturated rings. The summed E-state index contributed by atoms with van der Waals surface area (Å²) < 4.78 is 6.18. The van der Waals surface area contributed by atoms with Gasteiger partial charge < -0.3 is 15.2 Å². The first-order valence-electron chi connectivity index (χ1n) is 6.17. The molecule has 0 aliphatic heterocycles. The third-order valence-corrected chi connectivity index (χ3v) is 3.59. The summed E-state index contributed by atoms with van der Waals surface area (Å²) in [4.78, 5) is 0. The van der Waals surface area contributed by atoms with Gasteiger partial charge in [0.15, 0.2) is 0 Å². The molecule has 0 atom stereocenters. The Morgan fingerprint density at radius 1 is 1.39 bits per heavy atom. The smallest absolute Gasteiger partial charge is 0.133 e. The molecule has 0 aromatic heterocycles. The fraction of sp³-hybridized carbons (Fsp3) is 0.571. The molecule has 0 spiro atoms. The Balaban J connectivity index is 2.47. The normalized spacial score (nSPS) is 11.6. The van der Waals surface area contributed by atoms with Gasteiger partial charge in [-0.05, 0) is 66.9 Å². The van der Waals surface area contributed by atoms with Gasteiger partial charge in [0.05, 0.1) is 11.6 Å². The van der Waals surface area contributed by atoms with Crippen molar-refractivity contribution in [1.82, 2.24) is 5.32 Å². The fourth-order valence-corrected chi connectivity index (χ4v) is 2.37. The first-order valence-corrected chi connectivity index (χ1v) is 6.96. The van der Waals surface area contributed by atoms with E-state index in [9.17, 15) is 0 Å². The van der Waals surface area contributed by atoms with Gasteiger partial charge in [0.1, 0.15) is 5.75 Å². The Morgan fingerprint density at radius 2 is 2.11 bits per heavy atom. The Hall–Kier alpha value is -0.580. The molecule has 1 aromatic carbocycles. The second-order valence-corrected chi connectivity index (χ2v) is 5.86. The van der Waals surface area contributed by atoms with E-state index in [2.05, 4.69) is 47.2 Å². The first-order chi connectivity index (χ1) is 8.48. The molecule has 3 nitrogen and oxygen atoms in total. The summed E-state index contributed by atoms with van der Waals surface area (Å²) in [6, 6.07) is 6.13. The number of benzene rings is 1. The maximum Gasteiger partial charge on any atom is 0.133 e. The van der Waals surface area contributed by atoms with Crippen molar-refractivity contribution in [2.45, 2.75) is 32.2 Å². The molecule has 1 rings (SSSR count). The summed E-state index contributed by atoms with van der Waals surface area (Å²) in [5.41, 5.74) is 1.24. The average molecular weight is 316 g/mol. The molecule has 0 amide bonds. The zero-order valence-electron chi connectivity index (χ0n) is 11.3. The van der Waals surface area contributed by atoms with Gasteiger partial charge in [-0.3, -0.25) is 0 Å². The number of aliphatic hydroxyl groups excluding tert-OH is 1. The average Bonchev–Trinajstić information content (AvgIpc) is 2.29. The first kappa shape index (κ1) is 15.5. The van der Waals surface area contributed by atoms with Crippen LogP contribution in [0.25, 0.3) is 0 Å². The van der Waals surface area contributed by atoms with Crippen molar-refractivity contribution in [1.29, 1.82) is 0 Å². The van der Waals surface area contributed by atoms with Crippen molar-refractivity contribution < 1.29 is 9.84 Å². The van der Waals surface area contributed by atoms with Crippen LogP contribution < -0.4 is 10.1 Å². The molecule has 0 aliphatic carbocycles. The van der Waals surface area contributed by atoms with E-state index < -0.39 is 0 Å². The molecule has 2 N–H and O–H groups in total. The van der Waals surface area contributed by atoms with Crippen molar-refractivity contribution in [3.63, 3.8) is 0 Å². The number of aliphatic hydroxyl groups is 1. The Labute approximate surface area is 118 Å². The number of hydrogen-bond donors (Lipinski definition) is 2. The largest absolute Gasteiger partial charge is 0.496 e. The maximum atomic E-state index is 8.95. The van der Waals surface area contributed by atoms with E-state index in [0.29, 0.717) is 0 Å². The van der Waals surface area contributed by atoms with Crippen LogP contribution in [0.1, 0.15) is 25.8 Å². The number of methoxy groups -OCH3 is 1. The van der Waals surface area contributed by atoms with E-state index in [0.717, 1.165) is 29.6 Å². The summed E-state index contributed by atoms with van der Waals surface area (Å²) in [6.07, 6.45) is 1.72. The monoisotopic (exact) mass is 315 g/mol. The van der Waals surface area contributed by atoms with Crippen LogP contribution in [0.4, 0.5) is 0 Å². The van der Waals surface area contributed by atoms with Gasteiger partial charge in [-0.25, -0.2) is 0 Å². The molecule has 0 aliphatic rings. The molecule has 0 saturated carbocycles. The molecular formula is C14H22BrNO2. The molecule has 0 bridgehead atoms. The van der Waals surface area contributed by atoms with E-state index >= 15 is 0 Å². The topological polar surface area (TPSA) is 41.5 Å². The highest BCUT2D eigenvalue weighted by Crippen LogP contribution is 2.25. The van der Waals surface area contributed by atoms with Crippen molar-refractivity contribution >= 4 is 15.9 Å². The summed E-state index contributed by atoms with van der Waals surface area (Å²) in [6.45, 7) is 5.32. The lowest BCUT2D eigenvalue weighted by molar-refractivity contribution is 0.231. The molecule has 4 heteroatoms. The van der Waals surface area contributed by atoms with Crippen LogP contribution in [0, 0.1) is 0 Å². The van der Waals surface area contributed by atoms with Gasteiger partial charge in [0.25, 0.3) is 0 Å². The second kappa shape index (κ2) is 7.12. The van der Waals surface area contributed by atoms with E-state index in [1.165, 1.54) is 5.56 Å². The second-order valence-electron chi connectivity index (χ2n) is 5.00. The molecule has 0 radical (unpaired) electrons. The Kier molecular flexibility index (Phi) is 6.12. The molecule has 0 unspecified atom stereocenters. The van der Waals surface area contributed by atoms with Gasteiger partial charge >= 0.3 is 0 Å². The highest BCUT2D eigenvalue weighted by molar-refractivity contribution is 9.10. The fourth-order valence-electron chi connectivity index (χ4n) is 1.78. The number of rotatable bonds is 7. The van der Waals surface area contributed by atoms with Crippen molar-refractivity contribution in [2.75, 3.05) is 20.3 Å². The van der Waals surface area contributed by atoms with E-state index in [1.807, 2.05) is 6.07 Å². The number of ether oxygens (including phenoxy) is 1. The lowest BCUT2D eigenvalue weighted by Crippen LogP contribution is -2.41. The van der Waals surface area contributed by atoms with E-state index in [1.54, 1.807) is 7.11 Å². The third kappa shape index (κ3) is 4.96. The van der Waals surface area contributed by atoms with Gasteiger partial charge in [0, 0.05) is 12.1 Å². The predicted molar refractivity (Wildman–Crippen MR) is 78.2 cm³/mol. The van der Waals surface area contributed by atoms with E-state index in [4.69, 9.17) is 9.84 Å². The van der Waals surface area contributed by atoms with Crippen LogP contribution in [0.3, 0.4) is 0 Å². The van der Waals surface area contributed by atoms with Gasteiger partial charge in [-0.15, -0.1) is 0 Å². The molecule has 102 valence electrons. The summed E-state index contributed by atoms with van der Waals surface area (Å²) in [7, 11) is 1.67. The van der Waals surface area contributed by atoms with Crippen LogP contribution in [-0.4, -0.2) is 30.9 Å². The zero-order valence-corrected chi connectivity index (χ0v) is 12.9. The summed E-state index contributed by atoms with van der Waals surface area (Å²) >= 11 is 3.49. The van der Waals surface area contributed by atoms with E-state index in [-0.39, 0.29) is 12.1 Å². The lowest BCUT2D eigenvalue weighted by Gasteiger charge is -2.25. The lowest BCUT2D eigenvalue weighted by atomic mass is 10.0. The minimum absolute atomic E-state index is 0.0154. The Bertz CT molecular complexity index is 380. The summed E-state index contributed by atoms with van der Waals surface area (Å²) in [5.74, 6) is 0.854. The van der Waals surface area contributed by atoms with Gasteiger partial charge in [-0.1, -0.05) is 6.07 Å². The van der Waals surface area contributed by atoms with Crippen LogP contribution in [0.2, 0.25) is 0 Å². The molecule has 1 aromatic rings. The minimum Gasteiger partial charge on any atom is -0.496 e. The predicted octanol–water partition coefficient (Wildman–Crippen LogP) is 2.75. The maximum absolute atomic E-state index is 8.95.